The summed E-state index contributed by atoms with van der Waals surface area (Å²) in [4.78, 5) is 0. The monoisotopic (exact) mass is 566 g/mol. The highest BCUT2D eigenvalue weighted by atomic mass is 32.2. The van der Waals surface area contributed by atoms with E-state index in [1.54, 1.807) is 7.11 Å². The molecule has 0 saturated carbocycles. The molecular weight excluding hydrogens is 517 g/mol. The first-order valence-corrected chi connectivity index (χ1v) is 18.5. The number of aliphatic hydroxyl groups is 1. The van der Waals surface area contributed by atoms with E-state index in [2.05, 4.69) is 96.4 Å². The van der Waals surface area contributed by atoms with Crippen LogP contribution in [0.25, 0.3) is 0 Å². The second-order valence-corrected chi connectivity index (χ2v) is 21.0. The van der Waals surface area contributed by atoms with Gasteiger partial charge in [0.2, 0.25) is 0 Å². The Labute approximate surface area is 235 Å². The van der Waals surface area contributed by atoms with Crippen molar-refractivity contribution in [1.82, 2.24) is 0 Å². The van der Waals surface area contributed by atoms with Crippen molar-refractivity contribution >= 4 is 31.8 Å². The van der Waals surface area contributed by atoms with Crippen LogP contribution in [0.4, 0.5) is 0 Å². The third-order valence-electron chi connectivity index (χ3n) is 8.91. The molecule has 7 heteroatoms. The molecule has 0 bridgehead atoms. The predicted molar refractivity (Wildman–Crippen MR) is 163 cm³/mol. The summed E-state index contributed by atoms with van der Waals surface area (Å²) in [7, 11) is -0.299. The molecule has 1 N–H and O–H groups in total. The highest BCUT2D eigenvalue weighted by Gasteiger charge is 2.55. The molecule has 1 saturated heterocycles. The fraction of sp³-hybridized carbons (Fsp3) is 0.733. The number of ether oxygens (including phenoxy) is 2. The predicted octanol–water partition coefficient (Wildman–Crippen LogP) is 8.32. The van der Waals surface area contributed by atoms with E-state index in [1.165, 1.54) is 17.1 Å². The van der Waals surface area contributed by atoms with Crippen LogP contribution in [0.15, 0.2) is 35.4 Å². The quantitative estimate of drug-likeness (QED) is 0.184. The molecule has 4 nitrogen and oxygen atoms in total. The van der Waals surface area contributed by atoms with E-state index >= 15 is 0 Å². The van der Waals surface area contributed by atoms with Gasteiger partial charge in [0.1, 0.15) is 12.2 Å². The van der Waals surface area contributed by atoms with Gasteiger partial charge in [0, 0.05) is 24.0 Å². The average molecular weight is 567 g/mol. The van der Waals surface area contributed by atoms with Crippen LogP contribution in [0.1, 0.15) is 85.5 Å². The number of rotatable bonds is 9. The topological polar surface area (TPSA) is 47.9 Å². The molecular formula is C30H50O4S2Si. The van der Waals surface area contributed by atoms with Crippen molar-refractivity contribution in [2.75, 3.05) is 18.6 Å². The zero-order valence-corrected chi connectivity index (χ0v) is 27.6. The molecule has 37 heavy (non-hydrogen) atoms. The van der Waals surface area contributed by atoms with Crippen LogP contribution < -0.4 is 0 Å². The minimum atomic E-state index is -1.96. The van der Waals surface area contributed by atoms with E-state index in [1.807, 2.05) is 19.9 Å². The first-order chi connectivity index (χ1) is 17.0. The Bertz CT molecular complexity index is 974. The second-order valence-electron chi connectivity index (χ2n) is 13.1. The highest BCUT2D eigenvalue weighted by molar-refractivity contribution is 8.21. The molecule has 2 atom stereocenters. The maximum absolute atomic E-state index is 12.3. The van der Waals surface area contributed by atoms with Crippen LogP contribution >= 0.6 is 23.5 Å². The molecule has 0 radical (unpaired) electrons. The van der Waals surface area contributed by atoms with Crippen LogP contribution in [0, 0.1) is 5.41 Å². The summed E-state index contributed by atoms with van der Waals surface area (Å²) in [5, 5.41) is 12.4. The Morgan fingerprint density at radius 2 is 1.65 bits per heavy atom. The zero-order chi connectivity index (χ0) is 27.9. The SMILES string of the molecule is COC(C)(C)O[C@H](c1ccccc1CO[Si](C)(C)C(C)(C)C)[C@@H](O)C1=C(C)CCC2(SCCS2)C1(C)C. The summed E-state index contributed by atoms with van der Waals surface area (Å²) in [5.74, 6) is 1.47. The number of aliphatic hydroxyl groups excluding tert-OH is 1. The van der Waals surface area contributed by atoms with Crippen LogP contribution in [-0.2, 0) is 20.5 Å². The molecule has 210 valence electrons. The van der Waals surface area contributed by atoms with Crippen molar-refractivity contribution in [2.24, 2.45) is 5.41 Å². The molecule has 1 heterocycles. The first kappa shape index (κ1) is 31.2. The maximum atomic E-state index is 12.3. The number of methoxy groups -OCH3 is 1. The first-order valence-electron chi connectivity index (χ1n) is 13.6. The lowest BCUT2D eigenvalue weighted by molar-refractivity contribution is -0.240. The van der Waals surface area contributed by atoms with Gasteiger partial charge in [-0.3, -0.25) is 0 Å². The average Bonchev–Trinajstić information content (AvgIpc) is 3.29. The van der Waals surface area contributed by atoms with E-state index in [-0.39, 0.29) is 14.5 Å². The Balaban J connectivity index is 2.06. The lowest BCUT2D eigenvalue weighted by atomic mass is 9.68. The van der Waals surface area contributed by atoms with E-state index in [4.69, 9.17) is 13.9 Å². The molecule has 2 aliphatic rings. The molecule has 0 unspecified atom stereocenters. The van der Waals surface area contributed by atoms with Crippen LogP contribution in [0.2, 0.25) is 18.1 Å². The summed E-state index contributed by atoms with van der Waals surface area (Å²) in [5.41, 5.74) is 4.27. The van der Waals surface area contributed by atoms with Crippen molar-refractivity contribution in [2.45, 2.75) is 115 Å². The lowest BCUT2D eigenvalue weighted by Gasteiger charge is -2.51. The molecule has 1 aliphatic carbocycles. The standard InChI is InChI=1S/C30H50O4S2Si/c1-21-16-17-30(35-18-19-36-30)28(5,6)24(21)25(31)26(34-29(7,8)32-9)23-15-13-12-14-22(23)20-33-37(10,11)27(2,3)4/h12-15,25-26,31H,16-20H2,1-11H3/t25-,26+/m0/s1. The van der Waals surface area contributed by atoms with E-state index < -0.39 is 26.3 Å². The molecule has 1 spiro atoms. The van der Waals surface area contributed by atoms with Gasteiger partial charge in [-0.25, -0.2) is 0 Å². The van der Waals surface area contributed by atoms with E-state index in [0.717, 1.165) is 29.5 Å². The normalized spacial score (nSPS) is 21.9. The van der Waals surface area contributed by atoms with Gasteiger partial charge in [-0.15, -0.1) is 23.5 Å². The highest BCUT2D eigenvalue weighted by Crippen LogP contribution is 2.64. The maximum Gasteiger partial charge on any atom is 0.192 e. The zero-order valence-electron chi connectivity index (χ0n) is 25.0. The minimum absolute atomic E-state index is 0.0924. The molecule has 1 aliphatic heterocycles. The number of allylic oxidation sites excluding steroid dienone is 1. The van der Waals surface area contributed by atoms with Crippen LogP contribution in [-0.4, -0.2) is 48.0 Å². The van der Waals surface area contributed by atoms with Crippen molar-refractivity contribution in [3.05, 3.63) is 46.5 Å². The lowest BCUT2D eigenvalue weighted by Crippen LogP contribution is -2.47. The smallest absolute Gasteiger partial charge is 0.192 e. The molecule has 0 aromatic heterocycles. The molecule has 1 fully saturated rings. The van der Waals surface area contributed by atoms with Gasteiger partial charge in [0.05, 0.1) is 10.7 Å². The Morgan fingerprint density at radius 1 is 1.05 bits per heavy atom. The van der Waals surface area contributed by atoms with Gasteiger partial charge >= 0.3 is 0 Å². The van der Waals surface area contributed by atoms with Crippen LogP contribution in [0.3, 0.4) is 0 Å². The Morgan fingerprint density at radius 3 is 2.22 bits per heavy atom. The third-order valence-corrected chi connectivity index (χ3v) is 17.5. The van der Waals surface area contributed by atoms with Gasteiger partial charge in [-0.05, 0) is 68.4 Å². The third kappa shape index (κ3) is 6.39. The summed E-state index contributed by atoms with van der Waals surface area (Å²) in [6.45, 7) is 22.5. The van der Waals surface area contributed by atoms with E-state index in [0.29, 0.717) is 6.61 Å². The van der Waals surface area contributed by atoms with Crippen molar-refractivity contribution < 1.29 is 19.0 Å². The summed E-state index contributed by atoms with van der Waals surface area (Å²) < 4.78 is 19.1. The Kier molecular flexibility index (Phi) is 9.54. The summed E-state index contributed by atoms with van der Waals surface area (Å²) >= 11 is 4.15. The van der Waals surface area contributed by atoms with Crippen molar-refractivity contribution in [1.29, 1.82) is 0 Å². The molecule has 0 amide bonds. The van der Waals surface area contributed by atoms with E-state index in [9.17, 15) is 5.11 Å². The van der Waals surface area contributed by atoms with Gasteiger partial charge in [-0.1, -0.05) is 64.5 Å². The number of thioether (sulfide) groups is 2. The molecule has 1 aromatic carbocycles. The van der Waals surface area contributed by atoms with Gasteiger partial charge in [-0.2, -0.15) is 0 Å². The fourth-order valence-corrected chi connectivity index (χ4v) is 9.88. The molecule has 1 aromatic rings. The number of benzene rings is 1. The Hall–Kier alpha value is -0.283. The summed E-state index contributed by atoms with van der Waals surface area (Å²) in [6.07, 6.45) is 0.776. The van der Waals surface area contributed by atoms with Gasteiger partial charge < -0.3 is 19.0 Å². The minimum Gasteiger partial charge on any atom is -0.413 e. The number of hydrogen-bond donors (Lipinski definition) is 1. The number of hydrogen-bond acceptors (Lipinski definition) is 6. The van der Waals surface area contributed by atoms with Gasteiger partial charge in [0.15, 0.2) is 14.1 Å². The second kappa shape index (κ2) is 11.3. The van der Waals surface area contributed by atoms with Crippen molar-refractivity contribution in [3.63, 3.8) is 0 Å². The summed E-state index contributed by atoms with van der Waals surface area (Å²) in [6, 6.07) is 8.29. The van der Waals surface area contributed by atoms with Gasteiger partial charge in [0.25, 0.3) is 0 Å². The van der Waals surface area contributed by atoms with Crippen LogP contribution in [0.5, 0.6) is 0 Å². The molecule has 3 rings (SSSR count). The fourth-order valence-electron chi connectivity index (χ4n) is 5.34. The largest absolute Gasteiger partial charge is 0.413 e. The van der Waals surface area contributed by atoms with Crippen molar-refractivity contribution in [3.8, 4) is 0 Å².